The second-order valence-corrected chi connectivity index (χ2v) is 5.90. The summed E-state index contributed by atoms with van der Waals surface area (Å²) in [7, 11) is 2.88. The molecule has 1 unspecified atom stereocenters. The fraction of sp³-hybridized carbons (Fsp3) is 0.0909. The quantitative estimate of drug-likeness (QED) is 0.355. The molecular formula is C22H23P. The van der Waals surface area contributed by atoms with Gasteiger partial charge in [-0.2, -0.15) is 0 Å². The lowest BCUT2D eigenvalue weighted by Gasteiger charge is -2.13. The molecule has 0 N–H and O–H groups in total. The lowest BCUT2D eigenvalue weighted by atomic mass is 9.94. The van der Waals surface area contributed by atoms with Crippen LogP contribution >= 0.6 is 9.24 Å². The van der Waals surface area contributed by atoms with Crippen molar-refractivity contribution in [3.8, 4) is 11.1 Å². The molecule has 0 heterocycles. The zero-order chi connectivity index (χ0) is 14.2. The van der Waals surface area contributed by atoms with Crippen molar-refractivity contribution in [3.05, 3.63) is 78.9 Å². The van der Waals surface area contributed by atoms with E-state index < -0.39 is 0 Å². The van der Waals surface area contributed by atoms with Crippen LogP contribution in [0.3, 0.4) is 0 Å². The predicted octanol–water partition coefficient (Wildman–Crippen LogP) is 6.43. The normalized spacial score (nSPS) is 10.1. The molecule has 0 saturated heterocycles. The van der Waals surface area contributed by atoms with E-state index in [4.69, 9.17) is 0 Å². The Morgan fingerprint density at radius 3 is 1.83 bits per heavy atom. The summed E-state index contributed by atoms with van der Waals surface area (Å²) in [5.74, 6) is 0. The maximum Gasteiger partial charge on any atom is -0.00274 e. The van der Waals surface area contributed by atoms with E-state index in [2.05, 4.69) is 88.1 Å². The van der Waals surface area contributed by atoms with Crippen LogP contribution in [0.4, 0.5) is 0 Å². The topological polar surface area (TPSA) is 0 Å². The van der Waals surface area contributed by atoms with Gasteiger partial charge < -0.3 is 0 Å². The number of rotatable bonds is 1. The molecule has 116 valence electrons. The van der Waals surface area contributed by atoms with Crippen LogP contribution < -0.4 is 5.30 Å². The van der Waals surface area contributed by atoms with E-state index in [1.54, 1.807) is 0 Å². The molecule has 23 heavy (non-hydrogen) atoms. The average molecular weight is 318 g/mol. The third-order valence-electron chi connectivity index (χ3n) is 4.02. The summed E-state index contributed by atoms with van der Waals surface area (Å²) in [4.78, 5) is 0. The summed E-state index contributed by atoms with van der Waals surface area (Å²) >= 11 is 0. The van der Waals surface area contributed by atoms with Crippen molar-refractivity contribution in [1.29, 1.82) is 0 Å². The van der Waals surface area contributed by atoms with Crippen LogP contribution in [-0.2, 0) is 0 Å². The number of hydrogen-bond donors (Lipinski definition) is 0. The Hall–Kier alpha value is -2.17. The fourth-order valence-electron chi connectivity index (χ4n) is 3.03. The van der Waals surface area contributed by atoms with E-state index in [1.165, 1.54) is 38.0 Å². The molecule has 0 spiro atoms. The van der Waals surface area contributed by atoms with Gasteiger partial charge in [0, 0.05) is 0 Å². The molecule has 1 atom stereocenters. The maximum absolute atomic E-state index is 2.88. The second kappa shape index (κ2) is 6.94. The summed E-state index contributed by atoms with van der Waals surface area (Å²) in [6.07, 6.45) is 0. The molecule has 0 aliphatic heterocycles. The van der Waals surface area contributed by atoms with E-state index in [-0.39, 0.29) is 14.9 Å². The Kier molecular flexibility index (Phi) is 5.19. The first kappa shape index (κ1) is 17.2. The highest BCUT2D eigenvalue weighted by molar-refractivity contribution is 7.28. The van der Waals surface area contributed by atoms with Crippen molar-refractivity contribution in [2.75, 3.05) is 0 Å². The van der Waals surface area contributed by atoms with E-state index in [0.29, 0.717) is 0 Å². The zero-order valence-electron chi connectivity index (χ0n) is 11.6. The second-order valence-electron chi connectivity index (χ2n) is 5.28. The van der Waals surface area contributed by atoms with Crippen LogP contribution in [-0.4, -0.2) is 0 Å². The molecule has 4 rings (SSSR count). The Morgan fingerprint density at radius 1 is 0.522 bits per heavy atom. The van der Waals surface area contributed by atoms with E-state index in [9.17, 15) is 0 Å². The lowest BCUT2D eigenvalue weighted by molar-refractivity contribution is 1.71. The number of benzene rings is 4. The van der Waals surface area contributed by atoms with Crippen molar-refractivity contribution in [1.82, 2.24) is 0 Å². The molecule has 4 aromatic carbocycles. The Bertz CT molecular complexity index is 949. The summed E-state index contributed by atoms with van der Waals surface area (Å²) in [5.41, 5.74) is 2.62. The van der Waals surface area contributed by atoms with Gasteiger partial charge >= 0.3 is 0 Å². The van der Waals surface area contributed by atoms with Crippen LogP contribution in [0.25, 0.3) is 32.7 Å². The van der Waals surface area contributed by atoms with Gasteiger partial charge in [0.25, 0.3) is 0 Å². The van der Waals surface area contributed by atoms with Crippen molar-refractivity contribution < 1.29 is 0 Å². The van der Waals surface area contributed by atoms with E-state index >= 15 is 0 Å². The van der Waals surface area contributed by atoms with Gasteiger partial charge in [0.05, 0.1) is 0 Å². The Balaban J connectivity index is 0.000000960. The SMILES string of the molecule is C.C.Pc1ccc2ccccc2c1-c1cccc2ccccc12. The first-order valence-corrected chi connectivity index (χ1v) is 7.68. The summed E-state index contributed by atoms with van der Waals surface area (Å²) in [6, 6.07) is 28.1. The standard InChI is InChI=1S/C20H15P.2CH4/c21-19-13-12-15-7-2-4-10-17(15)20(19)18-11-5-8-14-6-1-3-9-16(14)18;;/h1-13H,21H2;2*1H4. The molecule has 1 heteroatoms. The maximum atomic E-state index is 2.88. The van der Waals surface area contributed by atoms with Crippen molar-refractivity contribution in [3.63, 3.8) is 0 Å². The molecule has 0 bridgehead atoms. The molecule has 0 radical (unpaired) electrons. The first-order chi connectivity index (χ1) is 10.3. The van der Waals surface area contributed by atoms with Gasteiger partial charge in [0.2, 0.25) is 0 Å². The minimum absolute atomic E-state index is 0. The molecular weight excluding hydrogens is 295 g/mol. The van der Waals surface area contributed by atoms with Crippen LogP contribution in [0.2, 0.25) is 0 Å². The minimum Gasteiger partial charge on any atom is -0.105 e. The molecule has 0 aliphatic rings. The van der Waals surface area contributed by atoms with E-state index in [1.807, 2.05) is 0 Å². The highest BCUT2D eigenvalue weighted by Gasteiger charge is 2.10. The molecule has 0 saturated carbocycles. The molecule has 0 aliphatic carbocycles. The van der Waals surface area contributed by atoms with Crippen molar-refractivity contribution >= 4 is 36.1 Å². The van der Waals surface area contributed by atoms with Crippen LogP contribution in [0.1, 0.15) is 14.9 Å². The monoisotopic (exact) mass is 318 g/mol. The highest BCUT2D eigenvalue weighted by atomic mass is 31.0. The van der Waals surface area contributed by atoms with Gasteiger partial charge in [0.15, 0.2) is 0 Å². The van der Waals surface area contributed by atoms with Crippen molar-refractivity contribution in [2.24, 2.45) is 0 Å². The smallest absolute Gasteiger partial charge is 0.00274 e. The minimum atomic E-state index is 0. The van der Waals surface area contributed by atoms with Gasteiger partial charge in [-0.3, -0.25) is 0 Å². The van der Waals surface area contributed by atoms with Crippen LogP contribution in [0, 0.1) is 0 Å². The van der Waals surface area contributed by atoms with Crippen molar-refractivity contribution in [2.45, 2.75) is 14.9 Å². The van der Waals surface area contributed by atoms with Crippen LogP contribution in [0.15, 0.2) is 78.9 Å². The van der Waals surface area contributed by atoms with Crippen LogP contribution in [0.5, 0.6) is 0 Å². The average Bonchev–Trinajstić information content (AvgIpc) is 2.54. The fourth-order valence-corrected chi connectivity index (χ4v) is 3.44. The molecule has 0 nitrogen and oxygen atoms in total. The van der Waals surface area contributed by atoms with Gasteiger partial charge in [0.1, 0.15) is 0 Å². The van der Waals surface area contributed by atoms with Gasteiger partial charge in [-0.05, 0) is 38.0 Å². The number of fused-ring (bicyclic) bond motifs is 2. The summed E-state index contributed by atoms with van der Waals surface area (Å²) in [5, 5.41) is 6.42. The van der Waals surface area contributed by atoms with Gasteiger partial charge in [-0.25, -0.2) is 0 Å². The molecule has 0 fully saturated rings. The van der Waals surface area contributed by atoms with E-state index in [0.717, 1.165) is 0 Å². The number of hydrogen-bond acceptors (Lipinski definition) is 0. The Morgan fingerprint density at radius 2 is 1.09 bits per heavy atom. The summed E-state index contributed by atoms with van der Waals surface area (Å²) in [6.45, 7) is 0. The molecule has 4 aromatic rings. The predicted molar refractivity (Wildman–Crippen MR) is 110 cm³/mol. The Labute approximate surface area is 141 Å². The van der Waals surface area contributed by atoms with Gasteiger partial charge in [-0.1, -0.05) is 93.7 Å². The summed E-state index contributed by atoms with van der Waals surface area (Å²) < 4.78 is 0. The largest absolute Gasteiger partial charge is 0.105 e. The molecule has 0 amide bonds. The zero-order valence-corrected chi connectivity index (χ0v) is 12.7. The first-order valence-electron chi connectivity index (χ1n) is 7.10. The highest BCUT2D eigenvalue weighted by Crippen LogP contribution is 2.33. The molecule has 0 aromatic heterocycles. The lowest BCUT2D eigenvalue weighted by Crippen LogP contribution is -1.98. The third-order valence-corrected chi connectivity index (χ3v) is 4.50. The third kappa shape index (κ3) is 2.87. The van der Waals surface area contributed by atoms with Gasteiger partial charge in [-0.15, -0.1) is 9.24 Å².